The molecule has 2 saturated heterocycles. The zero-order valence-electron chi connectivity index (χ0n) is 23.0. The number of sulfone groups is 1. The molecule has 0 spiro atoms. The van der Waals surface area contributed by atoms with Crippen LogP contribution in [0.2, 0.25) is 0 Å². The highest BCUT2D eigenvalue weighted by Gasteiger charge is 2.30. The van der Waals surface area contributed by atoms with Gasteiger partial charge in [0.15, 0.2) is 9.84 Å². The number of nitrogens with zero attached hydrogens (tertiary/aromatic N) is 4. The average molecular weight is 589 g/mol. The second-order valence-corrected chi connectivity index (χ2v) is 15.3. The van der Waals surface area contributed by atoms with Gasteiger partial charge >= 0.3 is 0 Å². The van der Waals surface area contributed by atoms with E-state index in [9.17, 15) is 27.1 Å². The SMILES string of the molecule is CC(C)N1CCN(C(=O)c2ccc3c(c2)cc(C(=O)N2CCS(O)(O)CC2)n3-c2cccc(S(C)(=O)=O)c2)CC1. The Balaban J connectivity index is 1.54. The third-order valence-corrected chi connectivity index (χ3v) is 10.5. The van der Waals surface area contributed by atoms with Crippen LogP contribution in [0.25, 0.3) is 16.6 Å². The first-order valence-electron chi connectivity index (χ1n) is 13.4. The van der Waals surface area contributed by atoms with Gasteiger partial charge in [0.2, 0.25) is 0 Å². The number of amides is 2. The minimum atomic E-state index is -3.49. The molecule has 3 heterocycles. The van der Waals surface area contributed by atoms with Crippen LogP contribution in [0, 0.1) is 0 Å². The lowest BCUT2D eigenvalue weighted by atomic mass is 10.1. The Morgan fingerprint density at radius 2 is 1.50 bits per heavy atom. The van der Waals surface area contributed by atoms with Crippen LogP contribution in [-0.4, -0.2) is 112 Å². The Bertz CT molecular complexity index is 1550. The lowest BCUT2D eigenvalue weighted by molar-refractivity contribution is 0.0595. The number of aromatic nitrogens is 1. The van der Waals surface area contributed by atoms with Crippen molar-refractivity contribution in [3.8, 4) is 5.69 Å². The van der Waals surface area contributed by atoms with E-state index in [1.54, 1.807) is 45.9 Å². The zero-order chi connectivity index (χ0) is 28.8. The van der Waals surface area contributed by atoms with Crippen molar-refractivity contribution in [2.75, 3.05) is 57.0 Å². The fourth-order valence-corrected chi connectivity index (χ4v) is 7.24. The Morgan fingerprint density at radius 1 is 0.850 bits per heavy atom. The number of fused-ring (bicyclic) bond motifs is 1. The minimum Gasteiger partial charge on any atom is -0.336 e. The second kappa shape index (κ2) is 10.8. The van der Waals surface area contributed by atoms with Gasteiger partial charge in [-0.05, 0) is 56.3 Å². The number of carbonyl (C=O) groups excluding carboxylic acids is 2. The fraction of sp³-hybridized carbons (Fsp3) is 0.429. The minimum absolute atomic E-state index is 0.0637. The number of carbonyl (C=O) groups is 2. The maximum atomic E-state index is 13.8. The molecule has 0 bridgehead atoms. The van der Waals surface area contributed by atoms with Crippen LogP contribution in [-0.2, 0) is 9.84 Å². The normalized spacial score (nSPS) is 19.2. The quantitative estimate of drug-likeness (QED) is 0.468. The summed E-state index contributed by atoms with van der Waals surface area (Å²) in [5.41, 5.74) is 2.01. The maximum Gasteiger partial charge on any atom is 0.270 e. The van der Waals surface area contributed by atoms with Gasteiger partial charge in [-0.25, -0.2) is 8.42 Å². The summed E-state index contributed by atoms with van der Waals surface area (Å²) in [7, 11) is -6.18. The molecule has 2 N–H and O–H groups in total. The summed E-state index contributed by atoms with van der Waals surface area (Å²) in [4.78, 5) is 33.1. The van der Waals surface area contributed by atoms with Crippen molar-refractivity contribution in [3.05, 3.63) is 59.8 Å². The van der Waals surface area contributed by atoms with Crippen LogP contribution < -0.4 is 0 Å². The molecule has 0 saturated carbocycles. The Morgan fingerprint density at radius 3 is 2.12 bits per heavy atom. The predicted molar refractivity (Wildman–Crippen MR) is 157 cm³/mol. The molecule has 40 heavy (non-hydrogen) atoms. The van der Waals surface area contributed by atoms with Crippen LogP contribution in [0.1, 0.15) is 34.7 Å². The highest BCUT2D eigenvalue weighted by molar-refractivity contribution is 8.24. The Labute approximate surface area is 236 Å². The molecule has 3 aromatic rings. The summed E-state index contributed by atoms with van der Waals surface area (Å²) < 4.78 is 46.4. The zero-order valence-corrected chi connectivity index (χ0v) is 24.6. The highest BCUT2D eigenvalue weighted by atomic mass is 32.3. The van der Waals surface area contributed by atoms with E-state index in [1.807, 2.05) is 4.90 Å². The highest BCUT2D eigenvalue weighted by Crippen LogP contribution is 2.40. The van der Waals surface area contributed by atoms with Crippen molar-refractivity contribution in [2.45, 2.75) is 24.8 Å². The molecule has 2 aliphatic heterocycles. The van der Waals surface area contributed by atoms with Crippen molar-refractivity contribution >= 4 is 43.1 Å². The van der Waals surface area contributed by atoms with E-state index < -0.39 is 20.4 Å². The lowest BCUT2D eigenvalue weighted by Crippen LogP contribution is -2.50. The third-order valence-electron chi connectivity index (χ3n) is 7.77. The van der Waals surface area contributed by atoms with Crippen LogP contribution in [0.4, 0.5) is 0 Å². The molecular formula is C28H36N4O6S2. The first-order chi connectivity index (χ1) is 18.8. The predicted octanol–water partition coefficient (Wildman–Crippen LogP) is 3.41. The van der Waals surface area contributed by atoms with Gasteiger partial charge in [-0.1, -0.05) is 6.07 Å². The number of piperazine rings is 1. The van der Waals surface area contributed by atoms with Gasteiger partial charge in [0, 0.05) is 68.2 Å². The number of hydrogen-bond acceptors (Lipinski definition) is 7. The molecule has 2 aromatic carbocycles. The molecule has 2 fully saturated rings. The smallest absolute Gasteiger partial charge is 0.270 e. The van der Waals surface area contributed by atoms with Crippen LogP contribution in [0.3, 0.4) is 0 Å². The lowest BCUT2D eigenvalue weighted by Gasteiger charge is -2.40. The first-order valence-corrected chi connectivity index (χ1v) is 17.1. The van der Waals surface area contributed by atoms with Gasteiger partial charge in [-0.3, -0.25) is 23.6 Å². The number of rotatable bonds is 5. The van der Waals surface area contributed by atoms with Crippen LogP contribution in [0.5, 0.6) is 0 Å². The van der Waals surface area contributed by atoms with Crippen LogP contribution in [0.15, 0.2) is 53.4 Å². The van der Waals surface area contributed by atoms with Crippen LogP contribution >= 0.6 is 10.6 Å². The molecule has 5 rings (SSSR count). The molecule has 1 aromatic heterocycles. The average Bonchev–Trinajstić information content (AvgIpc) is 3.31. The van der Waals surface area contributed by atoms with E-state index in [1.165, 1.54) is 12.1 Å². The summed E-state index contributed by atoms with van der Waals surface area (Å²) >= 11 is 0. The van der Waals surface area contributed by atoms with E-state index in [2.05, 4.69) is 18.7 Å². The Hall–Kier alpha value is -2.90. The summed E-state index contributed by atoms with van der Waals surface area (Å²) in [6.45, 7) is 7.63. The first kappa shape index (κ1) is 28.6. The van der Waals surface area contributed by atoms with E-state index in [0.717, 1.165) is 19.3 Å². The second-order valence-electron chi connectivity index (χ2n) is 10.8. The molecule has 0 aliphatic carbocycles. The standard InChI is InChI=1S/C28H36N4O6S2/c1-20(2)29-9-11-30(12-10-29)27(33)21-7-8-25-22(17-21)18-26(28(34)31-13-15-40(37,38)16-14-31)32(25)23-5-4-6-24(19-23)39(3,35)36/h4-8,17-20,37-38H,9-16H2,1-3H3. The summed E-state index contributed by atoms with van der Waals surface area (Å²) in [6, 6.07) is 13.9. The molecule has 0 atom stereocenters. The Kier molecular flexibility index (Phi) is 7.75. The van der Waals surface area contributed by atoms with E-state index >= 15 is 0 Å². The third kappa shape index (κ3) is 5.77. The van der Waals surface area contributed by atoms with Gasteiger partial charge in [0.25, 0.3) is 11.8 Å². The van der Waals surface area contributed by atoms with Gasteiger partial charge in [-0.2, -0.15) is 10.6 Å². The van der Waals surface area contributed by atoms with Gasteiger partial charge in [0.1, 0.15) is 5.69 Å². The molecule has 0 unspecified atom stereocenters. The summed E-state index contributed by atoms with van der Waals surface area (Å²) in [6.07, 6.45) is 1.14. The van der Waals surface area contributed by atoms with E-state index in [4.69, 9.17) is 0 Å². The van der Waals surface area contributed by atoms with E-state index in [-0.39, 0.29) is 41.3 Å². The molecule has 12 heteroatoms. The summed E-state index contributed by atoms with van der Waals surface area (Å²) in [5.74, 6) is -0.129. The number of benzene rings is 2. The maximum absolute atomic E-state index is 13.8. The molecule has 216 valence electrons. The molecular weight excluding hydrogens is 552 g/mol. The fourth-order valence-electron chi connectivity index (χ4n) is 5.35. The number of hydrogen-bond donors (Lipinski definition) is 2. The van der Waals surface area contributed by atoms with Crippen molar-refractivity contribution in [1.29, 1.82) is 0 Å². The van der Waals surface area contributed by atoms with Crippen molar-refractivity contribution in [3.63, 3.8) is 0 Å². The van der Waals surface area contributed by atoms with Gasteiger partial charge in [0.05, 0.1) is 21.9 Å². The van der Waals surface area contributed by atoms with Gasteiger partial charge in [-0.15, -0.1) is 0 Å². The molecule has 10 nitrogen and oxygen atoms in total. The topological polar surface area (TPSA) is 123 Å². The summed E-state index contributed by atoms with van der Waals surface area (Å²) in [5, 5.41) is 0.682. The largest absolute Gasteiger partial charge is 0.336 e. The van der Waals surface area contributed by atoms with E-state index in [0.29, 0.717) is 47.0 Å². The van der Waals surface area contributed by atoms with Crippen molar-refractivity contribution in [1.82, 2.24) is 19.3 Å². The molecule has 0 radical (unpaired) electrons. The van der Waals surface area contributed by atoms with Crippen molar-refractivity contribution < 1.29 is 27.1 Å². The monoisotopic (exact) mass is 588 g/mol. The van der Waals surface area contributed by atoms with Gasteiger partial charge < -0.3 is 14.4 Å². The van der Waals surface area contributed by atoms with Crippen molar-refractivity contribution in [2.24, 2.45) is 0 Å². The molecule has 2 aliphatic rings. The molecule has 2 amide bonds.